The van der Waals surface area contributed by atoms with Crippen molar-refractivity contribution in [2.45, 2.75) is 52.2 Å². The van der Waals surface area contributed by atoms with Gasteiger partial charge in [-0.3, -0.25) is 9.20 Å². The van der Waals surface area contributed by atoms with Crippen LogP contribution in [0.4, 0.5) is 8.78 Å². The number of benzene rings is 1. The van der Waals surface area contributed by atoms with Crippen molar-refractivity contribution in [1.82, 2.24) is 29.7 Å². The van der Waals surface area contributed by atoms with Crippen LogP contribution in [0.3, 0.4) is 0 Å². The highest BCUT2D eigenvalue weighted by molar-refractivity contribution is 5.83. The summed E-state index contributed by atoms with van der Waals surface area (Å²) < 4.78 is 36.7. The lowest BCUT2D eigenvalue weighted by molar-refractivity contribution is -0.145. The molecule has 0 aliphatic heterocycles. The van der Waals surface area contributed by atoms with Crippen molar-refractivity contribution in [1.29, 1.82) is 0 Å². The Labute approximate surface area is 189 Å². The molecule has 0 aliphatic rings. The third-order valence-electron chi connectivity index (χ3n) is 5.56. The van der Waals surface area contributed by atoms with Gasteiger partial charge in [-0.2, -0.15) is 13.9 Å². The van der Waals surface area contributed by atoms with Crippen LogP contribution < -0.4 is 10.1 Å². The second-order valence-electron chi connectivity index (χ2n) is 8.46. The number of hydrogen-bond acceptors (Lipinski definition) is 5. The molecule has 3 heterocycles. The van der Waals surface area contributed by atoms with Crippen LogP contribution in [0, 0.1) is 5.92 Å². The topological polar surface area (TPSA) is 86.3 Å². The van der Waals surface area contributed by atoms with Gasteiger partial charge in [0.15, 0.2) is 5.65 Å². The largest absolute Gasteiger partial charge is 0.488 e. The molecule has 33 heavy (non-hydrogen) atoms. The second kappa shape index (κ2) is 8.76. The lowest BCUT2D eigenvalue weighted by atomic mass is 9.96. The SMILES string of the molecule is CC[C@@H](Oc1ccc2c(cnn2-c2ccc3nncn3c2)c1)[C@@H](NC(=O)C(C)(F)F)C(C)C. The first kappa shape index (κ1) is 22.6. The van der Waals surface area contributed by atoms with Crippen LogP contribution in [0.15, 0.2) is 49.1 Å². The number of carbonyl (C=O) groups is 1. The maximum absolute atomic E-state index is 13.4. The molecule has 0 unspecified atom stereocenters. The van der Waals surface area contributed by atoms with E-state index in [1.54, 1.807) is 17.2 Å². The fourth-order valence-electron chi connectivity index (χ4n) is 3.78. The molecule has 174 valence electrons. The molecule has 4 rings (SSSR count). The first-order valence-corrected chi connectivity index (χ1v) is 10.8. The van der Waals surface area contributed by atoms with Crippen molar-refractivity contribution in [3.63, 3.8) is 0 Å². The number of pyridine rings is 1. The first-order chi connectivity index (χ1) is 15.7. The van der Waals surface area contributed by atoms with Gasteiger partial charge >= 0.3 is 5.92 Å². The van der Waals surface area contributed by atoms with Gasteiger partial charge in [-0.15, -0.1) is 10.2 Å². The summed E-state index contributed by atoms with van der Waals surface area (Å²) >= 11 is 0. The van der Waals surface area contributed by atoms with Crippen LogP contribution in [0.5, 0.6) is 5.75 Å². The summed E-state index contributed by atoms with van der Waals surface area (Å²) in [5.74, 6) is -4.27. The van der Waals surface area contributed by atoms with Gasteiger partial charge in [0.1, 0.15) is 18.2 Å². The number of fused-ring (bicyclic) bond motifs is 2. The molecule has 10 heteroatoms. The van der Waals surface area contributed by atoms with Gasteiger partial charge in [0.25, 0.3) is 5.91 Å². The standard InChI is InChI=1S/C23H26F2N6O2/c1-5-19(21(14(2)3)28-22(32)23(4,24)25)33-17-7-8-18-15(10-17)11-27-31(18)16-6-9-20-29-26-13-30(20)12-16/h6-14,19,21H,5H2,1-4H3,(H,28,32)/t19-,21+/m1/s1. The van der Waals surface area contributed by atoms with Gasteiger partial charge in [-0.1, -0.05) is 20.8 Å². The van der Waals surface area contributed by atoms with Gasteiger partial charge in [-0.05, 0) is 42.7 Å². The predicted octanol–water partition coefficient (Wildman–Crippen LogP) is 4.02. The van der Waals surface area contributed by atoms with Crippen LogP contribution in [0.1, 0.15) is 34.1 Å². The van der Waals surface area contributed by atoms with Crippen molar-refractivity contribution in [2.24, 2.45) is 5.92 Å². The van der Waals surface area contributed by atoms with Crippen molar-refractivity contribution in [3.05, 3.63) is 49.1 Å². The maximum atomic E-state index is 13.4. The second-order valence-corrected chi connectivity index (χ2v) is 8.46. The zero-order valence-corrected chi connectivity index (χ0v) is 18.9. The molecule has 1 amide bonds. The Kier molecular flexibility index (Phi) is 6.01. The lowest BCUT2D eigenvalue weighted by Gasteiger charge is -2.31. The molecule has 3 aromatic heterocycles. The van der Waals surface area contributed by atoms with Gasteiger partial charge in [-0.25, -0.2) is 4.68 Å². The highest BCUT2D eigenvalue weighted by Gasteiger charge is 2.36. The molecule has 1 aromatic carbocycles. The Balaban J connectivity index is 1.58. The van der Waals surface area contributed by atoms with E-state index in [2.05, 4.69) is 20.6 Å². The van der Waals surface area contributed by atoms with Crippen molar-refractivity contribution < 1.29 is 18.3 Å². The predicted molar refractivity (Wildman–Crippen MR) is 120 cm³/mol. The van der Waals surface area contributed by atoms with Crippen LogP contribution in [-0.4, -0.2) is 48.4 Å². The van der Waals surface area contributed by atoms with E-state index in [-0.39, 0.29) is 5.92 Å². The van der Waals surface area contributed by atoms with Crippen molar-refractivity contribution >= 4 is 22.5 Å². The number of hydrogen-bond donors (Lipinski definition) is 1. The number of amides is 1. The minimum absolute atomic E-state index is 0.0969. The quantitative estimate of drug-likeness (QED) is 0.433. The van der Waals surface area contributed by atoms with E-state index in [1.165, 1.54) is 0 Å². The van der Waals surface area contributed by atoms with Gasteiger partial charge < -0.3 is 10.1 Å². The molecular formula is C23H26F2N6O2. The Morgan fingerprint density at radius 2 is 2.03 bits per heavy atom. The summed E-state index contributed by atoms with van der Waals surface area (Å²) in [5.41, 5.74) is 2.46. The maximum Gasteiger partial charge on any atom is 0.321 e. The van der Waals surface area contributed by atoms with Gasteiger partial charge in [0.05, 0.1) is 23.4 Å². The number of nitrogens with zero attached hydrogens (tertiary/aromatic N) is 5. The summed E-state index contributed by atoms with van der Waals surface area (Å²) in [4.78, 5) is 11.9. The lowest BCUT2D eigenvalue weighted by Crippen LogP contribution is -2.52. The Bertz CT molecular complexity index is 1280. The number of rotatable bonds is 8. The minimum atomic E-state index is -3.45. The van der Waals surface area contributed by atoms with E-state index in [4.69, 9.17) is 4.74 Å². The van der Waals surface area contributed by atoms with Crippen LogP contribution in [-0.2, 0) is 4.79 Å². The normalized spacial score (nSPS) is 14.0. The Hall–Kier alpha value is -3.56. The van der Waals surface area contributed by atoms with Crippen LogP contribution >= 0.6 is 0 Å². The van der Waals surface area contributed by atoms with Crippen LogP contribution in [0.25, 0.3) is 22.2 Å². The Morgan fingerprint density at radius 1 is 1.24 bits per heavy atom. The molecule has 8 nitrogen and oxygen atoms in total. The van der Waals surface area contributed by atoms with Gasteiger partial charge in [0, 0.05) is 18.5 Å². The molecule has 0 saturated heterocycles. The average molecular weight is 456 g/mol. The summed E-state index contributed by atoms with van der Waals surface area (Å²) in [7, 11) is 0. The molecule has 1 N–H and O–H groups in total. The molecule has 4 aromatic rings. The fourth-order valence-corrected chi connectivity index (χ4v) is 3.78. The first-order valence-electron chi connectivity index (χ1n) is 10.8. The van der Waals surface area contributed by atoms with Crippen molar-refractivity contribution in [3.8, 4) is 11.4 Å². The van der Waals surface area contributed by atoms with Crippen molar-refractivity contribution in [2.75, 3.05) is 0 Å². The van der Waals surface area contributed by atoms with Crippen LogP contribution in [0.2, 0.25) is 0 Å². The zero-order chi connectivity index (χ0) is 23.8. The number of alkyl halides is 2. The summed E-state index contributed by atoms with van der Waals surface area (Å²) in [6.45, 7) is 6.22. The molecule has 0 saturated carbocycles. The van der Waals surface area contributed by atoms with E-state index in [0.717, 1.165) is 22.2 Å². The summed E-state index contributed by atoms with van der Waals surface area (Å²) in [5, 5.41) is 15.7. The van der Waals surface area contributed by atoms with E-state index < -0.39 is 24.0 Å². The molecular weight excluding hydrogens is 430 g/mol. The summed E-state index contributed by atoms with van der Waals surface area (Å²) in [6.07, 6.45) is 5.31. The number of carbonyl (C=O) groups excluding carboxylic acids is 1. The molecule has 0 aliphatic carbocycles. The number of ether oxygens (including phenoxy) is 1. The monoisotopic (exact) mass is 456 g/mol. The molecule has 0 bridgehead atoms. The highest BCUT2D eigenvalue weighted by Crippen LogP contribution is 2.26. The molecule has 0 fully saturated rings. The third kappa shape index (κ3) is 4.64. The fraction of sp³-hybridized carbons (Fsp3) is 0.391. The average Bonchev–Trinajstić information content (AvgIpc) is 3.40. The third-order valence-corrected chi connectivity index (χ3v) is 5.56. The number of halogens is 2. The highest BCUT2D eigenvalue weighted by atomic mass is 19.3. The van der Waals surface area contributed by atoms with E-state index in [1.807, 2.05) is 61.7 Å². The number of aromatic nitrogens is 5. The van der Waals surface area contributed by atoms with E-state index in [0.29, 0.717) is 19.1 Å². The minimum Gasteiger partial charge on any atom is -0.488 e. The smallest absolute Gasteiger partial charge is 0.321 e. The molecule has 0 spiro atoms. The van der Waals surface area contributed by atoms with E-state index in [9.17, 15) is 13.6 Å². The van der Waals surface area contributed by atoms with E-state index >= 15 is 0 Å². The molecule has 0 radical (unpaired) electrons. The molecule has 2 atom stereocenters. The number of nitrogens with one attached hydrogen (secondary N) is 1. The zero-order valence-electron chi connectivity index (χ0n) is 18.9. The summed E-state index contributed by atoms with van der Waals surface area (Å²) in [6, 6.07) is 8.76. The van der Waals surface area contributed by atoms with Gasteiger partial charge in [0.2, 0.25) is 0 Å². The Morgan fingerprint density at radius 3 is 2.73 bits per heavy atom.